The molecule has 88 valence electrons. The highest BCUT2D eigenvalue weighted by Crippen LogP contribution is 2.13. The van der Waals surface area contributed by atoms with Gasteiger partial charge >= 0.3 is 0 Å². The van der Waals surface area contributed by atoms with Gasteiger partial charge in [0.2, 0.25) is 0 Å². The van der Waals surface area contributed by atoms with E-state index < -0.39 is 0 Å². The van der Waals surface area contributed by atoms with Crippen molar-refractivity contribution in [2.45, 2.75) is 19.9 Å². The van der Waals surface area contributed by atoms with Crippen molar-refractivity contribution in [3.05, 3.63) is 41.2 Å². The standard InChI is InChI=1S/C11H13N5O/c1-7-3-5-9(6-4-7)8(2)12-11(17)10-13-15-16-14-10/h3-6,8H,1-2H3,(H,12,17)(H,13,14,15,16). The number of aromatic nitrogens is 4. The number of aromatic amines is 1. The van der Waals surface area contributed by atoms with Gasteiger partial charge in [-0.25, -0.2) is 0 Å². The van der Waals surface area contributed by atoms with Gasteiger partial charge in [0.15, 0.2) is 0 Å². The molecule has 1 unspecified atom stereocenters. The van der Waals surface area contributed by atoms with Gasteiger partial charge < -0.3 is 5.32 Å². The number of aryl methyl sites for hydroxylation is 1. The molecule has 0 radical (unpaired) electrons. The number of rotatable bonds is 3. The molecule has 0 bridgehead atoms. The fourth-order valence-corrected chi connectivity index (χ4v) is 1.46. The second-order valence-corrected chi connectivity index (χ2v) is 3.84. The molecule has 0 aliphatic heterocycles. The van der Waals surface area contributed by atoms with E-state index >= 15 is 0 Å². The molecule has 2 aromatic rings. The van der Waals surface area contributed by atoms with E-state index in [1.54, 1.807) is 0 Å². The quantitative estimate of drug-likeness (QED) is 0.825. The molecule has 1 atom stereocenters. The van der Waals surface area contributed by atoms with Crippen LogP contribution >= 0.6 is 0 Å². The fourth-order valence-electron chi connectivity index (χ4n) is 1.46. The first-order valence-corrected chi connectivity index (χ1v) is 5.27. The highest BCUT2D eigenvalue weighted by Gasteiger charge is 2.14. The van der Waals surface area contributed by atoms with Gasteiger partial charge in [-0.05, 0) is 24.6 Å². The van der Waals surface area contributed by atoms with E-state index in [2.05, 4.69) is 25.9 Å². The van der Waals surface area contributed by atoms with Gasteiger partial charge in [-0.1, -0.05) is 29.8 Å². The number of carbonyl (C=O) groups excluding carboxylic acids is 1. The predicted octanol–water partition coefficient (Wildman–Crippen LogP) is 0.999. The Labute approximate surface area is 98.4 Å². The molecule has 2 N–H and O–H groups in total. The SMILES string of the molecule is Cc1ccc(C(C)NC(=O)c2nn[nH]n2)cc1. The van der Waals surface area contributed by atoms with Gasteiger partial charge in [0.1, 0.15) is 0 Å². The summed E-state index contributed by atoms with van der Waals surface area (Å²) in [5.41, 5.74) is 2.22. The van der Waals surface area contributed by atoms with Crippen molar-refractivity contribution < 1.29 is 4.79 Å². The lowest BCUT2D eigenvalue weighted by atomic mass is 10.1. The number of nitrogens with one attached hydrogen (secondary N) is 2. The summed E-state index contributed by atoms with van der Waals surface area (Å²) in [7, 11) is 0. The van der Waals surface area contributed by atoms with Gasteiger partial charge in [-0.15, -0.1) is 10.2 Å². The predicted molar refractivity (Wildman–Crippen MR) is 61.2 cm³/mol. The molecule has 1 aromatic carbocycles. The monoisotopic (exact) mass is 231 g/mol. The highest BCUT2D eigenvalue weighted by atomic mass is 16.2. The number of benzene rings is 1. The Hall–Kier alpha value is -2.24. The molecule has 0 aliphatic carbocycles. The second-order valence-electron chi connectivity index (χ2n) is 3.84. The number of hydrogen-bond acceptors (Lipinski definition) is 4. The lowest BCUT2D eigenvalue weighted by Gasteiger charge is -2.12. The second kappa shape index (κ2) is 4.73. The Morgan fingerprint density at radius 1 is 1.35 bits per heavy atom. The highest BCUT2D eigenvalue weighted by molar-refractivity contribution is 5.90. The zero-order valence-corrected chi connectivity index (χ0v) is 9.64. The number of hydrogen-bond donors (Lipinski definition) is 2. The van der Waals surface area contributed by atoms with Crippen LogP contribution in [0.2, 0.25) is 0 Å². The molecular weight excluding hydrogens is 218 g/mol. The maximum Gasteiger partial charge on any atom is 0.293 e. The summed E-state index contributed by atoms with van der Waals surface area (Å²) in [6.07, 6.45) is 0. The Morgan fingerprint density at radius 3 is 2.65 bits per heavy atom. The normalized spacial score (nSPS) is 12.1. The minimum atomic E-state index is -0.341. The van der Waals surface area contributed by atoms with Gasteiger partial charge in [0, 0.05) is 0 Å². The number of carbonyl (C=O) groups is 1. The van der Waals surface area contributed by atoms with E-state index in [1.807, 2.05) is 38.1 Å². The summed E-state index contributed by atoms with van der Waals surface area (Å²) < 4.78 is 0. The molecule has 1 amide bonds. The van der Waals surface area contributed by atoms with E-state index in [1.165, 1.54) is 5.56 Å². The molecule has 1 aromatic heterocycles. The molecule has 0 spiro atoms. The van der Waals surface area contributed by atoms with Crippen molar-refractivity contribution in [3.63, 3.8) is 0 Å². The minimum absolute atomic E-state index is 0.0453. The van der Waals surface area contributed by atoms with Crippen LogP contribution in [0.4, 0.5) is 0 Å². The van der Waals surface area contributed by atoms with E-state index in [9.17, 15) is 4.79 Å². The maximum absolute atomic E-state index is 11.7. The van der Waals surface area contributed by atoms with Gasteiger partial charge in [-0.3, -0.25) is 4.79 Å². The van der Waals surface area contributed by atoms with Gasteiger partial charge in [0.05, 0.1) is 6.04 Å². The van der Waals surface area contributed by atoms with Crippen LogP contribution in [0.5, 0.6) is 0 Å². The molecule has 0 saturated carbocycles. The van der Waals surface area contributed by atoms with E-state index in [-0.39, 0.29) is 17.8 Å². The summed E-state index contributed by atoms with van der Waals surface area (Å²) in [4.78, 5) is 11.7. The smallest absolute Gasteiger partial charge is 0.293 e. The molecule has 0 fully saturated rings. The topological polar surface area (TPSA) is 83.6 Å². The Morgan fingerprint density at radius 2 is 2.06 bits per heavy atom. The van der Waals surface area contributed by atoms with Crippen molar-refractivity contribution >= 4 is 5.91 Å². The van der Waals surface area contributed by atoms with E-state index in [0.29, 0.717) is 0 Å². The molecule has 6 nitrogen and oxygen atoms in total. The van der Waals surface area contributed by atoms with Crippen LogP contribution in [0.1, 0.15) is 34.7 Å². The molecule has 17 heavy (non-hydrogen) atoms. The first kappa shape index (κ1) is 11.3. The van der Waals surface area contributed by atoms with Crippen molar-refractivity contribution in [2.24, 2.45) is 0 Å². The summed E-state index contributed by atoms with van der Waals surface area (Å²) in [6, 6.07) is 7.88. The van der Waals surface area contributed by atoms with Crippen LogP contribution in [0.3, 0.4) is 0 Å². The van der Waals surface area contributed by atoms with Crippen LogP contribution in [0.15, 0.2) is 24.3 Å². The maximum atomic E-state index is 11.7. The molecule has 0 saturated heterocycles. The van der Waals surface area contributed by atoms with Crippen LogP contribution in [-0.4, -0.2) is 26.5 Å². The Bertz CT molecular complexity index is 491. The number of nitrogens with zero attached hydrogens (tertiary/aromatic N) is 3. The third-order valence-electron chi connectivity index (χ3n) is 2.47. The first-order valence-electron chi connectivity index (χ1n) is 5.27. The molecule has 2 rings (SSSR count). The number of tetrazole rings is 1. The van der Waals surface area contributed by atoms with Gasteiger partial charge in [0.25, 0.3) is 11.7 Å². The fraction of sp³-hybridized carbons (Fsp3) is 0.273. The van der Waals surface area contributed by atoms with Crippen molar-refractivity contribution in [1.82, 2.24) is 25.9 Å². The zero-order chi connectivity index (χ0) is 12.3. The largest absolute Gasteiger partial charge is 0.343 e. The molecule has 6 heteroatoms. The molecular formula is C11H13N5O. The van der Waals surface area contributed by atoms with Crippen LogP contribution < -0.4 is 5.32 Å². The molecule has 0 aliphatic rings. The first-order chi connectivity index (χ1) is 8.16. The third-order valence-corrected chi connectivity index (χ3v) is 2.47. The van der Waals surface area contributed by atoms with E-state index in [0.717, 1.165) is 5.56 Å². The third kappa shape index (κ3) is 2.66. The Balaban J connectivity index is 2.04. The Kier molecular flexibility index (Phi) is 3.13. The minimum Gasteiger partial charge on any atom is -0.343 e. The van der Waals surface area contributed by atoms with Crippen LogP contribution in [0, 0.1) is 6.92 Å². The van der Waals surface area contributed by atoms with Crippen LogP contribution in [-0.2, 0) is 0 Å². The average molecular weight is 231 g/mol. The average Bonchev–Trinajstić information content (AvgIpc) is 2.83. The number of amides is 1. The van der Waals surface area contributed by atoms with Crippen molar-refractivity contribution in [1.29, 1.82) is 0 Å². The lowest BCUT2D eigenvalue weighted by Crippen LogP contribution is -2.27. The van der Waals surface area contributed by atoms with Crippen molar-refractivity contribution in [3.8, 4) is 0 Å². The number of H-pyrrole nitrogens is 1. The van der Waals surface area contributed by atoms with Gasteiger partial charge in [-0.2, -0.15) is 5.21 Å². The zero-order valence-electron chi connectivity index (χ0n) is 9.64. The summed E-state index contributed by atoms with van der Waals surface area (Å²) in [6.45, 7) is 3.93. The summed E-state index contributed by atoms with van der Waals surface area (Å²) >= 11 is 0. The van der Waals surface area contributed by atoms with Crippen molar-refractivity contribution in [2.75, 3.05) is 0 Å². The molecule has 1 heterocycles. The summed E-state index contributed by atoms with van der Waals surface area (Å²) in [5.74, 6) is -0.296. The van der Waals surface area contributed by atoms with E-state index in [4.69, 9.17) is 0 Å². The summed E-state index contributed by atoms with van der Waals surface area (Å²) in [5, 5.41) is 15.6. The van der Waals surface area contributed by atoms with Crippen LogP contribution in [0.25, 0.3) is 0 Å². The lowest BCUT2D eigenvalue weighted by molar-refractivity contribution is 0.0929.